The van der Waals surface area contributed by atoms with Gasteiger partial charge < -0.3 is 25.0 Å². The highest BCUT2D eigenvalue weighted by atomic mass is 16.6. The second kappa shape index (κ2) is 10.1. The number of amides is 3. The van der Waals surface area contributed by atoms with Gasteiger partial charge in [-0.1, -0.05) is 19.1 Å². The summed E-state index contributed by atoms with van der Waals surface area (Å²) in [5, 5.41) is 5.34. The largest absolute Gasteiger partial charge is 0.485 e. The van der Waals surface area contributed by atoms with Crippen LogP contribution in [0.2, 0.25) is 0 Å². The highest BCUT2D eigenvalue weighted by Gasteiger charge is 2.32. The molecule has 0 unspecified atom stereocenters. The molecule has 9 nitrogen and oxygen atoms in total. The van der Waals surface area contributed by atoms with Crippen molar-refractivity contribution >= 4 is 17.7 Å². The third kappa shape index (κ3) is 5.83. The van der Waals surface area contributed by atoms with Gasteiger partial charge in [0.1, 0.15) is 6.61 Å². The minimum atomic E-state index is -0.651. The van der Waals surface area contributed by atoms with E-state index in [1.54, 1.807) is 11.0 Å². The van der Waals surface area contributed by atoms with Crippen molar-refractivity contribution in [2.75, 3.05) is 52.4 Å². The average molecular weight is 404 g/mol. The van der Waals surface area contributed by atoms with E-state index in [2.05, 4.69) is 10.6 Å². The third-order valence-corrected chi connectivity index (χ3v) is 4.85. The maximum absolute atomic E-state index is 12.7. The second-order valence-corrected chi connectivity index (χ2v) is 7.09. The molecular formula is C20H28N4O5. The molecule has 0 aliphatic carbocycles. The molecule has 1 aromatic rings. The number of benzene rings is 1. The minimum absolute atomic E-state index is 0.0161. The van der Waals surface area contributed by atoms with Crippen LogP contribution in [-0.4, -0.2) is 86.0 Å². The number of nitrogens with one attached hydrogen (secondary N) is 2. The Bertz CT molecular complexity index is 733. The molecule has 0 spiro atoms. The maximum Gasteiger partial charge on any atom is 0.267 e. The molecule has 2 N–H and O–H groups in total. The predicted octanol–water partition coefficient (Wildman–Crippen LogP) is -0.387. The number of nitrogens with zero attached hydrogens (tertiary/aromatic N) is 2. The molecule has 3 amide bonds. The van der Waals surface area contributed by atoms with Crippen molar-refractivity contribution < 1.29 is 23.9 Å². The predicted molar refractivity (Wildman–Crippen MR) is 106 cm³/mol. The number of piperazine rings is 1. The van der Waals surface area contributed by atoms with Crippen molar-refractivity contribution in [1.29, 1.82) is 0 Å². The van der Waals surface area contributed by atoms with E-state index in [1.165, 1.54) is 0 Å². The number of fused-ring (bicyclic) bond motifs is 1. The molecule has 2 heterocycles. The Morgan fingerprint density at radius 2 is 1.76 bits per heavy atom. The van der Waals surface area contributed by atoms with Crippen molar-refractivity contribution in [1.82, 2.24) is 20.4 Å². The van der Waals surface area contributed by atoms with Crippen LogP contribution in [-0.2, 0) is 14.4 Å². The molecule has 1 saturated heterocycles. The highest BCUT2D eigenvalue weighted by Crippen LogP contribution is 2.31. The molecule has 2 aliphatic heterocycles. The molecule has 29 heavy (non-hydrogen) atoms. The maximum atomic E-state index is 12.7. The van der Waals surface area contributed by atoms with Crippen molar-refractivity contribution in [3.05, 3.63) is 24.3 Å². The number of hydrogen-bond acceptors (Lipinski definition) is 6. The fourth-order valence-corrected chi connectivity index (χ4v) is 3.24. The number of para-hydroxylation sites is 2. The number of rotatable bonds is 7. The van der Waals surface area contributed by atoms with Crippen LogP contribution in [0.5, 0.6) is 11.5 Å². The molecule has 1 atom stereocenters. The SMILES string of the molecule is CCCNC(=O)CNC(=O)CN1CCN(C(=O)[C@H]2COc3ccccc3O2)CC1. The van der Waals surface area contributed by atoms with Crippen LogP contribution in [0.3, 0.4) is 0 Å². The van der Waals surface area contributed by atoms with Crippen LogP contribution < -0.4 is 20.1 Å². The van der Waals surface area contributed by atoms with E-state index in [0.717, 1.165) is 6.42 Å². The Balaban J connectivity index is 1.38. The van der Waals surface area contributed by atoms with Crippen molar-refractivity contribution in [2.24, 2.45) is 0 Å². The molecule has 1 fully saturated rings. The summed E-state index contributed by atoms with van der Waals surface area (Å²) in [6.07, 6.45) is 0.203. The Morgan fingerprint density at radius 1 is 1.03 bits per heavy atom. The van der Waals surface area contributed by atoms with E-state index in [9.17, 15) is 14.4 Å². The molecule has 0 aromatic heterocycles. The lowest BCUT2D eigenvalue weighted by atomic mass is 10.2. The summed E-state index contributed by atoms with van der Waals surface area (Å²) in [7, 11) is 0. The van der Waals surface area contributed by atoms with Crippen LogP contribution in [0.15, 0.2) is 24.3 Å². The molecular weight excluding hydrogens is 376 g/mol. The smallest absolute Gasteiger partial charge is 0.267 e. The summed E-state index contributed by atoms with van der Waals surface area (Å²) in [6.45, 7) is 5.17. The molecule has 158 valence electrons. The van der Waals surface area contributed by atoms with Crippen LogP contribution >= 0.6 is 0 Å². The molecule has 2 aliphatic rings. The van der Waals surface area contributed by atoms with Gasteiger partial charge in [0.05, 0.1) is 13.1 Å². The van der Waals surface area contributed by atoms with Gasteiger partial charge in [-0.05, 0) is 18.6 Å². The zero-order valence-corrected chi connectivity index (χ0v) is 16.7. The first-order valence-corrected chi connectivity index (χ1v) is 10.00. The average Bonchev–Trinajstić information content (AvgIpc) is 2.76. The summed E-state index contributed by atoms with van der Waals surface area (Å²) in [5.74, 6) is 0.742. The number of ether oxygens (including phenoxy) is 2. The van der Waals surface area contributed by atoms with Gasteiger partial charge >= 0.3 is 0 Å². The lowest BCUT2D eigenvalue weighted by Gasteiger charge is -2.36. The van der Waals surface area contributed by atoms with Crippen LogP contribution in [0, 0.1) is 0 Å². The lowest BCUT2D eigenvalue weighted by molar-refractivity contribution is -0.143. The lowest BCUT2D eigenvalue weighted by Crippen LogP contribution is -2.55. The summed E-state index contributed by atoms with van der Waals surface area (Å²) in [5.41, 5.74) is 0. The Labute approximate surface area is 170 Å². The summed E-state index contributed by atoms with van der Waals surface area (Å²) in [4.78, 5) is 40.0. The molecule has 3 rings (SSSR count). The molecule has 0 saturated carbocycles. The number of carbonyl (C=O) groups is 3. The van der Waals surface area contributed by atoms with Gasteiger partial charge in [0.2, 0.25) is 17.9 Å². The van der Waals surface area contributed by atoms with Gasteiger partial charge in [-0.3, -0.25) is 19.3 Å². The molecule has 0 radical (unpaired) electrons. The van der Waals surface area contributed by atoms with Gasteiger partial charge in [-0.25, -0.2) is 0 Å². The first kappa shape index (κ1) is 20.9. The first-order chi connectivity index (χ1) is 14.1. The zero-order chi connectivity index (χ0) is 20.6. The second-order valence-electron chi connectivity index (χ2n) is 7.09. The summed E-state index contributed by atoms with van der Waals surface area (Å²) in [6, 6.07) is 7.30. The van der Waals surface area contributed by atoms with Gasteiger partial charge in [-0.2, -0.15) is 0 Å². The number of hydrogen-bond donors (Lipinski definition) is 2. The van der Waals surface area contributed by atoms with Crippen molar-refractivity contribution in [3.8, 4) is 11.5 Å². The van der Waals surface area contributed by atoms with E-state index in [0.29, 0.717) is 44.2 Å². The summed E-state index contributed by atoms with van der Waals surface area (Å²) < 4.78 is 11.4. The summed E-state index contributed by atoms with van der Waals surface area (Å²) >= 11 is 0. The normalized spacial score (nSPS) is 18.8. The highest BCUT2D eigenvalue weighted by molar-refractivity contribution is 5.85. The Hall–Kier alpha value is -2.81. The van der Waals surface area contributed by atoms with E-state index < -0.39 is 6.10 Å². The molecule has 9 heteroatoms. The zero-order valence-electron chi connectivity index (χ0n) is 16.7. The van der Waals surface area contributed by atoms with Crippen LogP contribution in [0.25, 0.3) is 0 Å². The quantitative estimate of drug-likeness (QED) is 0.642. The van der Waals surface area contributed by atoms with Gasteiger partial charge in [0, 0.05) is 32.7 Å². The topological polar surface area (TPSA) is 100 Å². The van der Waals surface area contributed by atoms with Gasteiger partial charge in [0.15, 0.2) is 11.5 Å². The third-order valence-electron chi connectivity index (χ3n) is 4.85. The monoisotopic (exact) mass is 404 g/mol. The Kier molecular flexibility index (Phi) is 7.29. The van der Waals surface area contributed by atoms with Gasteiger partial charge in [0.25, 0.3) is 5.91 Å². The molecule has 1 aromatic carbocycles. The van der Waals surface area contributed by atoms with Crippen LogP contribution in [0.4, 0.5) is 0 Å². The van der Waals surface area contributed by atoms with E-state index in [-0.39, 0.29) is 37.4 Å². The van der Waals surface area contributed by atoms with E-state index in [1.807, 2.05) is 30.0 Å². The van der Waals surface area contributed by atoms with E-state index >= 15 is 0 Å². The first-order valence-electron chi connectivity index (χ1n) is 10.00. The van der Waals surface area contributed by atoms with Crippen molar-refractivity contribution in [2.45, 2.75) is 19.4 Å². The fraction of sp³-hybridized carbons (Fsp3) is 0.550. The minimum Gasteiger partial charge on any atom is -0.485 e. The molecule has 0 bridgehead atoms. The Morgan fingerprint density at radius 3 is 2.48 bits per heavy atom. The fourth-order valence-electron chi connectivity index (χ4n) is 3.24. The van der Waals surface area contributed by atoms with Crippen molar-refractivity contribution in [3.63, 3.8) is 0 Å². The standard InChI is InChI=1S/C20H28N4O5/c1-2-7-21-18(25)12-22-19(26)13-23-8-10-24(11-9-23)20(27)17-14-28-15-5-3-4-6-16(15)29-17/h3-6,17H,2,7-14H2,1H3,(H,21,25)(H,22,26)/t17-/m1/s1. The van der Waals surface area contributed by atoms with E-state index in [4.69, 9.17) is 9.47 Å². The van der Waals surface area contributed by atoms with Gasteiger partial charge in [-0.15, -0.1) is 0 Å². The number of carbonyl (C=O) groups excluding carboxylic acids is 3. The van der Waals surface area contributed by atoms with Crippen LogP contribution in [0.1, 0.15) is 13.3 Å².